The minimum Gasteiger partial charge on any atom is -0.507 e. The largest absolute Gasteiger partial charge is 0.507 e. The van der Waals surface area contributed by atoms with Crippen LogP contribution in [0.1, 0.15) is 36.6 Å². The monoisotopic (exact) mass is 457 g/mol. The lowest BCUT2D eigenvalue weighted by Gasteiger charge is -2.26. The zero-order valence-electron chi connectivity index (χ0n) is 19.2. The van der Waals surface area contributed by atoms with Gasteiger partial charge in [-0.2, -0.15) is 0 Å². The van der Waals surface area contributed by atoms with Gasteiger partial charge >= 0.3 is 0 Å². The Morgan fingerprint density at radius 3 is 2.21 bits per heavy atom. The van der Waals surface area contributed by atoms with E-state index in [0.29, 0.717) is 35.8 Å². The van der Waals surface area contributed by atoms with Gasteiger partial charge in [0.25, 0.3) is 11.7 Å². The highest BCUT2D eigenvalue weighted by molar-refractivity contribution is 6.46. The highest BCUT2D eigenvalue weighted by atomic mass is 16.5. The number of aliphatic hydroxyl groups excluding tert-OH is 1. The fourth-order valence-corrected chi connectivity index (χ4v) is 4.14. The first-order valence-electron chi connectivity index (χ1n) is 11.3. The van der Waals surface area contributed by atoms with E-state index in [4.69, 9.17) is 9.47 Å². The number of ether oxygens (including phenoxy) is 2. The third kappa shape index (κ3) is 4.66. The van der Waals surface area contributed by atoms with E-state index in [-0.39, 0.29) is 17.9 Å². The molecule has 1 fully saturated rings. The van der Waals surface area contributed by atoms with E-state index in [0.717, 1.165) is 5.56 Å². The van der Waals surface area contributed by atoms with Crippen molar-refractivity contribution in [1.29, 1.82) is 0 Å². The molecule has 1 saturated heterocycles. The summed E-state index contributed by atoms with van der Waals surface area (Å²) in [7, 11) is 0. The fourth-order valence-electron chi connectivity index (χ4n) is 4.14. The van der Waals surface area contributed by atoms with Crippen LogP contribution in [0.4, 0.5) is 0 Å². The predicted octanol–water partition coefficient (Wildman–Crippen LogP) is 5.11. The Bertz CT molecular complexity index is 1200. The molecule has 34 heavy (non-hydrogen) atoms. The fraction of sp³-hybridized carbons (Fsp3) is 0.214. The average Bonchev–Trinajstić information content (AvgIpc) is 3.10. The van der Waals surface area contributed by atoms with E-state index in [9.17, 15) is 14.7 Å². The first-order valence-corrected chi connectivity index (χ1v) is 11.3. The quantitative estimate of drug-likeness (QED) is 0.289. The van der Waals surface area contributed by atoms with Crippen molar-refractivity contribution >= 4 is 17.4 Å². The molecule has 4 rings (SSSR count). The molecule has 3 aromatic rings. The third-order valence-corrected chi connectivity index (χ3v) is 5.66. The second kappa shape index (κ2) is 10.3. The number of hydrogen-bond acceptors (Lipinski definition) is 5. The molecular formula is C28H27NO5. The van der Waals surface area contributed by atoms with Crippen LogP contribution >= 0.6 is 0 Å². The summed E-state index contributed by atoms with van der Waals surface area (Å²) in [6.45, 7) is 5.01. The summed E-state index contributed by atoms with van der Waals surface area (Å²) in [6, 6.07) is 22.8. The van der Waals surface area contributed by atoms with Crippen molar-refractivity contribution < 1.29 is 24.2 Å². The molecule has 174 valence electrons. The van der Waals surface area contributed by atoms with Gasteiger partial charge in [-0.3, -0.25) is 9.59 Å². The molecule has 1 heterocycles. The van der Waals surface area contributed by atoms with Crippen LogP contribution in [0.25, 0.3) is 5.76 Å². The standard InChI is InChI=1S/C28H27NO5/c1-3-33-22-15-13-20(14-16-22)26(30)24-25(21-11-8-12-23(17-21)34-4-2)29(28(32)27(24)31)18-19-9-6-5-7-10-19/h5-17,25,30H,3-4,18H2,1-2H3. The van der Waals surface area contributed by atoms with Crippen molar-refractivity contribution in [3.63, 3.8) is 0 Å². The molecule has 0 spiro atoms. The van der Waals surface area contributed by atoms with Crippen molar-refractivity contribution in [3.05, 3.63) is 101 Å². The van der Waals surface area contributed by atoms with Gasteiger partial charge in [-0.05, 0) is 61.4 Å². The molecule has 0 bridgehead atoms. The van der Waals surface area contributed by atoms with E-state index >= 15 is 0 Å². The summed E-state index contributed by atoms with van der Waals surface area (Å²) >= 11 is 0. The third-order valence-electron chi connectivity index (χ3n) is 5.66. The molecule has 0 aliphatic carbocycles. The molecule has 1 atom stereocenters. The lowest BCUT2D eigenvalue weighted by molar-refractivity contribution is -0.140. The van der Waals surface area contributed by atoms with Crippen LogP contribution in [0.2, 0.25) is 0 Å². The number of benzene rings is 3. The number of ketones is 1. The minimum absolute atomic E-state index is 0.0544. The number of aliphatic hydroxyl groups is 1. The van der Waals surface area contributed by atoms with Crippen LogP contribution < -0.4 is 9.47 Å². The van der Waals surface area contributed by atoms with E-state index < -0.39 is 17.7 Å². The van der Waals surface area contributed by atoms with E-state index in [1.54, 1.807) is 24.3 Å². The molecule has 0 aromatic heterocycles. The van der Waals surface area contributed by atoms with Crippen molar-refractivity contribution in [3.8, 4) is 11.5 Å². The van der Waals surface area contributed by atoms with Gasteiger partial charge in [0.2, 0.25) is 0 Å². The molecule has 1 aliphatic heterocycles. The number of Topliss-reactive ketones (excluding diaryl/α,β-unsaturated/α-hetero) is 1. The molecule has 1 aliphatic rings. The number of carbonyl (C=O) groups is 2. The number of amides is 1. The molecule has 6 nitrogen and oxygen atoms in total. The van der Waals surface area contributed by atoms with E-state index in [1.165, 1.54) is 4.90 Å². The highest BCUT2D eigenvalue weighted by Crippen LogP contribution is 2.41. The van der Waals surface area contributed by atoms with Gasteiger partial charge < -0.3 is 19.5 Å². The smallest absolute Gasteiger partial charge is 0.295 e. The van der Waals surface area contributed by atoms with Crippen molar-refractivity contribution in [2.45, 2.75) is 26.4 Å². The highest BCUT2D eigenvalue weighted by Gasteiger charge is 2.46. The van der Waals surface area contributed by atoms with E-state index in [1.807, 2.05) is 68.4 Å². The Balaban J connectivity index is 1.82. The predicted molar refractivity (Wildman–Crippen MR) is 130 cm³/mol. The summed E-state index contributed by atoms with van der Waals surface area (Å²) in [5, 5.41) is 11.2. The van der Waals surface area contributed by atoms with Crippen molar-refractivity contribution in [2.24, 2.45) is 0 Å². The zero-order chi connectivity index (χ0) is 24.1. The summed E-state index contributed by atoms with van der Waals surface area (Å²) < 4.78 is 11.1. The second-order valence-corrected chi connectivity index (χ2v) is 7.88. The summed E-state index contributed by atoms with van der Waals surface area (Å²) in [4.78, 5) is 27.9. The molecule has 0 radical (unpaired) electrons. The summed E-state index contributed by atoms with van der Waals surface area (Å²) in [5.74, 6) is -0.294. The Labute approximate surface area is 199 Å². The summed E-state index contributed by atoms with van der Waals surface area (Å²) in [5.41, 5.74) is 2.07. The molecule has 3 aromatic carbocycles. The van der Waals surface area contributed by atoms with Gasteiger partial charge in [0.1, 0.15) is 17.3 Å². The molecule has 6 heteroatoms. The van der Waals surface area contributed by atoms with Crippen LogP contribution in [0.3, 0.4) is 0 Å². The molecular weight excluding hydrogens is 430 g/mol. The number of nitrogens with zero attached hydrogens (tertiary/aromatic N) is 1. The van der Waals surface area contributed by atoms with Gasteiger partial charge in [-0.15, -0.1) is 0 Å². The zero-order valence-corrected chi connectivity index (χ0v) is 19.2. The van der Waals surface area contributed by atoms with Crippen LogP contribution in [0.5, 0.6) is 11.5 Å². The SMILES string of the molecule is CCOc1ccc(C(O)=C2C(=O)C(=O)N(Cc3ccccc3)C2c2cccc(OCC)c2)cc1. The van der Waals surface area contributed by atoms with Crippen LogP contribution in [0, 0.1) is 0 Å². The topological polar surface area (TPSA) is 76.1 Å². The number of hydrogen-bond donors (Lipinski definition) is 1. The van der Waals surface area contributed by atoms with Gasteiger partial charge in [-0.25, -0.2) is 0 Å². The first-order chi connectivity index (χ1) is 16.5. The Morgan fingerprint density at radius 2 is 1.53 bits per heavy atom. The van der Waals surface area contributed by atoms with Crippen LogP contribution in [-0.4, -0.2) is 34.9 Å². The number of rotatable bonds is 8. The van der Waals surface area contributed by atoms with Crippen LogP contribution in [0.15, 0.2) is 84.4 Å². The maximum Gasteiger partial charge on any atom is 0.295 e. The maximum absolute atomic E-state index is 13.2. The van der Waals surface area contributed by atoms with Gasteiger partial charge in [-0.1, -0.05) is 42.5 Å². The molecule has 1 amide bonds. The van der Waals surface area contributed by atoms with Crippen molar-refractivity contribution in [1.82, 2.24) is 4.90 Å². The lowest BCUT2D eigenvalue weighted by Crippen LogP contribution is -2.29. The second-order valence-electron chi connectivity index (χ2n) is 7.88. The normalized spacial score (nSPS) is 17.1. The Morgan fingerprint density at radius 1 is 0.853 bits per heavy atom. The molecule has 1 N–H and O–H groups in total. The maximum atomic E-state index is 13.2. The van der Waals surface area contributed by atoms with E-state index in [2.05, 4.69) is 0 Å². The van der Waals surface area contributed by atoms with Gasteiger partial charge in [0, 0.05) is 12.1 Å². The van der Waals surface area contributed by atoms with Crippen LogP contribution in [-0.2, 0) is 16.1 Å². The number of carbonyl (C=O) groups excluding carboxylic acids is 2. The summed E-state index contributed by atoms with van der Waals surface area (Å²) in [6.07, 6.45) is 0. The van der Waals surface area contributed by atoms with Gasteiger partial charge in [0.15, 0.2) is 0 Å². The minimum atomic E-state index is -0.757. The molecule has 1 unspecified atom stereocenters. The first kappa shape index (κ1) is 23.1. The molecule has 0 saturated carbocycles. The lowest BCUT2D eigenvalue weighted by atomic mass is 9.95. The Hall–Kier alpha value is -4.06. The number of likely N-dealkylation sites (tertiary alicyclic amines) is 1. The Kier molecular flexibility index (Phi) is 6.97. The van der Waals surface area contributed by atoms with Gasteiger partial charge in [0.05, 0.1) is 24.8 Å². The average molecular weight is 458 g/mol. The van der Waals surface area contributed by atoms with Crippen molar-refractivity contribution in [2.75, 3.05) is 13.2 Å².